The van der Waals surface area contributed by atoms with Crippen molar-refractivity contribution in [3.05, 3.63) is 23.0 Å². The van der Waals surface area contributed by atoms with Crippen molar-refractivity contribution in [2.24, 2.45) is 16.7 Å². The van der Waals surface area contributed by atoms with Gasteiger partial charge in [0.25, 0.3) is 0 Å². The topological polar surface area (TPSA) is 22.0 Å². The number of carbonyl (C=O) groups is 1. The summed E-state index contributed by atoms with van der Waals surface area (Å²) in [4.78, 5) is 12.3. The molecular weight excluding hydrogens is 246 g/mol. The van der Waals surface area contributed by atoms with Crippen LogP contribution in [-0.2, 0) is 13.0 Å². The van der Waals surface area contributed by atoms with Crippen molar-refractivity contribution in [3.8, 4) is 0 Å². The van der Waals surface area contributed by atoms with Gasteiger partial charge in [-0.05, 0) is 36.2 Å². The van der Waals surface area contributed by atoms with Crippen LogP contribution in [0.25, 0.3) is 0 Å². The molecule has 20 heavy (non-hydrogen) atoms. The fourth-order valence-corrected chi connectivity index (χ4v) is 3.01. The Hall–Kier alpha value is -1.05. The van der Waals surface area contributed by atoms with Crippen molar-refractivity contribution in [2.45, 2.75) is 67.9 Å². The van der Waals surface area contributed by atoms with E-state index in [0.717, 1.165) is 18.5 Å². The van der Waals surface area contributed by atoms with Crippen LogP contribution >= 0.6 is 0 Å². The molecule has 0 saturated carbocycles. The summed E-state index contributed by atoms with van der Waals surface area (Å²) in [6.45, 7) is 16.7. The summed E-state index contributed by atoms with van der Waals surface area (Å²) in [6, 6.07) is 2.10. The minimum atomic E-state index is 0.0948. The number of aromatic nitrogens is 1. The molecule has 1 aromatic heterocycles. The molecule has 0 N–H and O–H groups in total. The van der Waals surface area contributed by atoms with Gasteiger partial charge in [-0.1, -0.05) is 41.5 Å². The van der Waals surface area contributed by atoms with E-state index < -0.39 is 0 Å². The molecule has 0 radical (unpaired) electrons. The minimum Gasteiger partial charge on any atom is -0.348 e. The number of aryl methyl sites for hydroxylation is 1. The monoisotopic (exact) mass is 275 g/mol. The second kappa shape index (κ2) is 4.75. The fraction of sp³-hybridized carbons (Fsp3) is 0.722. The molecule has 1 aromatic rings. The van der Waals surface area contributed by atoms with Gasteiger partial charge in [0.15, 0.2) is 5.78 Å². The van der Waals surface area contributed by atoms with E-state index in [1.807, 2.05) is 0 Å². The lowest BCUT2D eigenvalue weighted by atomic mass is 9.76. The van der Waals surface area contributed by atoms with Gasteiger partial charge in [-0.15, -0.1) is 0 Å². The quantitative estimate of drug-likeness (QED) is 0.771. The molecular formula is C18H29NO. The van der Waals surface area contributed by atoms with Gasteiger partial charge in [-0.2, -0.15) is 0 Å². The van der Waals surface area contributed by atoms with E-state index in [2.05, 4.69) is 59.1 Å². The van der Waals surface area contributed by atoms with Crippen LogP contribution in [0.5, 0.6) is 0 Å². The number of nitrogens with zero attached hydrogens (tertiary/aromatic N) is 1. The Bertz CT molecular complexity index is 528. The highest BCUT2D eigenvalue weighted by molar-refractivity contribution is 5.99. The van der Waals surface area contributed by atoms with E-state index in [1.54, 1.807) is 0 Å². The molecule has 0 fully saturated rings. The van der Waals surface area contributed by atoms with Crippen molar-refractivity contribution in [3.63, 3.8) is 0 Å². The zero-order valence-electron chi connectivity index (χ0n) is 14.1. The first-order valence-corrected chi connectivity index (χ1v) is 7.73. The molecule has 0 bridgehead atoms. The maximum absolute atomic E-state index is 12.3. The molecule has 2 rings (SSSR count). The first-order chi connectivity index (χ1) is 9.01. The summed E-state index contributed by atoms with van der Waals surface area (Å²) in [7, 11) is 0. The summed E-state index contributed by atoms with van der Waals surface area (Å²) < 4.78 is 2.39. The lowest BCUT2D eigenvalue weighted by Gasteiger charge is -2.32. The third-order valence-electron chi connectivity index (χ3n) is 4.94. The predicted octanol–water partition coefficient (Wildman–Crippen LogP) is 4.63. The number of fused-ring (bicyclic) bond motifs is 1. The highest BCUT2D eigenvalue weighted by atomic mass is 16.1. The Morgan fingerprint density at radius 2 is 1.90 bits per heavy atom. The van der Waals surface area contributed by atoms with Crippen molar-refractivity contribution in [1.29, 1.82) is 0 Å². The van der Waals surface area contributed by atoms with Gasteiger partial charge in [-0.3, -0.25) is 4.79 Å². The van der Waals surface area contributed by atoms with E-state index in [-0.39, 0.29) is 10.8 Å². The third-order valence-corrected chi connectivity index (χ3v) is 4.94. The highest BCUT2D eigenvalue weighted by Crippen LogP contribution is 2.37. The maximum Gasteiger partial charge on any atom is 0.165 e. The third kappa shape index (κ3) is 2.84. The molecule has 2 nitrogen and oxygen atoms in total. The van der Waals surface area contributed by atoms with Crippen LogP contribution in [0.1, 0.15) is 69.7 Å². The number of ketones is 1. The van der Waals surface area contributed by atoms with Gasteiger partial charge in [-0.25, -0.2) is 0 Å². The average Bonchev–Trinajstić information content (AvgIpc) is 2.54. The lowest BCUT2D eigenvalue weighted by Crippen LogP contribution is -2.30. The van der Waals surface area contributed by atoms with Crippen LogP contribution in [0.4, 0.5) is 0 Å². The second-order valence-electron chi connectivity index (χ2n) is 8.46. The van der Waals surface area contributed by atoms with Crippen LogP contribution in [0, 0.1) is 23.7 Å². The van der Waals surface area contributed by atoms with Gasteiger partial charge in [0.05, 0.1) is 0 Å². The average molecular weight is 275 g/mol. The van der Waals surface area contributed by atoms with E-state index in [0.29, 0.717) is 18.1 Å². The summed E-state index contributed by atoms with van der Waals surface area (Å²) >= 11 is 0. The highest BCUT2D eigenvalue weighted by Gasteiger charge is 2.34. The van der Waals surface area contributed by atoms with Gasteiger partial charge in [0.2, 0.25) is 0 Å². The Morgan fingerprint density at radius 3 is 2.45 bits per heavy atom. The van der Waals surface area contributed by atoms with Crippen LogP contribution in [-0.4, -0.2) is 10.4 Å². The Labute approximate surface area is 123 Å². The molecule has 1 aliphatic carbocycles. The molecule has 1 unspecified atom stereocenters. The van der Waals surface area contributed by atoms with Crippen molar-refractivity contribution < 1.29 is 4.79 Å². The Balaban J connectivity index is 2.39. The first-order valence-electron chi connectivity index (χ1n) is 7.73. The van der Waals surface area contributed by atoms with E-state index in [4.69, 9.17) is 0 Å². The van der Waals surface area contributed by atoms with Crippen molar-refractivity contribution in [2.75, 3.05) is 0 Å². The van der Waals surface area contributed by atoms with Crippen LogP contribution < -0.4 is 0 Å². The van der Waals surface area contributed by atoms with Crippen molar-refractivity contribution >= 4 is 5.78 Å². The smallest absolute Gasteiger partial charge is 0.165 e. The first kappa shape index (κ1) is 15.3. The predicted molar refractivity (Wildman–Crippen MR) is 84.2 cm³/mol. The fourth-order valence-electron chi connectivity index (χ4n) is 3.01. The number of rotatable bonds is 2. The molecule has 0 amide bonds. The summed E-state index contributed by atoms with van der Waals surface area (Å²) in [5.74, 6) is 0.902. The van der Waals surface area contributed by atoms with Gasteiger partial charge in [0.1, 0.15) is 0 Å². The molecule has 1 aliphatic rings. The molecule has 112 valence electrons. The van der Waals surface area contributed by atoms with E-state index >= 15 is 0 Å². The second-order valence-corrected chi connectivity index (χ2v) is 8.46. The van der Waals surface area contributed by atoms with Crippen LogP contribution in [0.2, 0.25) is 0 Å². The minimum absolute atomic E-state index is 0.0948. The van der Waals surface area contributed by atoms with Crippen LogP contribution in [0.15, 0.2) is 6.07 Å². The molecule has 2 heteroatoms. The molecule has 0 aliphatic heterocycles. The number of hydrogen-bond acceptors (Lipinski definition) is 1. The summed E-state index contributed by atoms with van der Waals surface area (Å²) in [5.41, 5.74) is 3.86. The summed E-state index contributed by atoms with van der Waals surface area (Å²) in [6.07, 6.45) is 1.69. The maximum atomic E-state index is 12.3. The molecule has 0 aromatic carbocycles. The molecule has 1 heterocycles. The Kier molecular flexibility index (Phi) is 3.64. The van der Waals surface area contributed by atoms with Gasteiger partial charge < -0.3 is 4.57 Å². The Morgan fingerprint density at radius 1 is 1.30 bits per heavy atom. The number of Topliss-reactive ketones (excluding diaryl/α,β-unsaturated/α-hetero) is 1. The van der Waals surface area contributed by atoms with E-state index in [1.165, 1.54) is 11.4 Å². The summed E-state index contributed by atoms with van der Waals surface area (Å²) in [5, 5.41) is 0. The lowest BCUT2D eigenvalue weighted by molar-refractivity contribution is 0.0909. The van der Waals surface area contributed by atoms with Crippen molar-refractivity contribution in [1.82, 2.24) is 4.57 Å². The SMILES string of the molecule is Cc1cc2c(n1CC(C)C(C)(C)C)CC(C)(C)CC2=O. The molecule has 0 spiro atoms. The number of hydrogen-bond donors (Lipinski definition) is 0. The van der Waals surface area contributed by atoms with E-state index in [9.17, 15) is 4.79 Å². The van der Waals surface area contributed by atoms with Gasteiger partial charge >= 0.3 is 0 Å². The van der Waals surface area contributed by atoms with Crippen LogP contribution in [0.3, 0.4) is 0 Å². The zero-order valence-corrected chi connectivity index (χ0v) is 14.1. The molecule has 0 saturated heterocycles. The number of carbonyl (C=O) groups excluding carboxylic acids is 1. The standard InChI is InChI=1S/C18H29NO/c1-12(17(3,4)5)11-19-13(2)8-14-15(19)9-18(6,7)10-16(14)20/h8,12H,9-11H2,1-7H3. The molecule has 1 atom stereocenters. The zero-order chi connectivity index (χ0) is 15.3. The normalized spacial score (nSPS) is 19.9. The van der Waals surface area contributed by atoms with Gasteiger partial charge in [0, 0.05) is 29.9 Å². The largest absolute Gasteiger partial charge is 0.348 e.